The Labute approximate surface area is 178 Å². The molecule has 0 bridgehead atoms. The Morgan fingerprint density at radius 3 is 2.35 bits per heavy atom. The Morgan fingerprint density at radius 1 is 1.06 bits per heavy atom. The Morgan fingerprint density at radius 2 is 1.74 bits per heavy atom. The number of amides is 1. The molecule has 0 radical (unpaired) electrons. The van der Waals surface area contributed by atoms with E-state index in [2.05, 4.69) is 4.98 Å². The fraction of sp³-hybridized carbons (Fsp3) is 0.125. The zero-order valence-electron chi connectivity index (χ0n) is 16.9. The molecule has 1 aliphatic rings. The number of benzene rings is 2. The number of aliphatic hydroxyl groups excluding tert-OH is 1. The number of halogens is 1. The van der Waals surface area contributed by atoms with Crippen LogP contribution in [0.3, 0.4) is 0 Å². The number of nitrogens with zero attached hydrogens (tertiary/aromatic N) is 2. The minimum Gasteiger partial charge on any atom is -0.507 e. The predicted molar refractivity (Wildman–Crippen MR) is 113 cm³/mol. The van der Waals surface area contributed by atoms with E-state index < -0.39 is 23.5 Å². The van der Waals surface area contributed by atoms with Crippen molar-refractivity contribution >= 4 is 23.1 Å². The molecule has 2 aromatic carbocycles. The standard InChI is InChI=1S/C24H19FN2O4/c1-14-13-16(3-8-19(14)31-2)22(28)20-21(15-9-11-26-12-10-15)27(24(30)23(20)29)18-6-4-17(25)5-7-18/h3-13,21,28H,1-2H3/b22-20-. The molecule has 0 spiro atoms. The van der Waals surface area contributed by atoms with Crippen LogP contribution in [0, 0.1) is 12.7 Å². The van der Waals surface area contributed by atoms with E-state index in [1.165, 1.54) is 41.6 Å². The molecule has 1 saturated heterocycles. The number of aliphatic hydroxyl groups is 1. The van der Waals surface area contributed by atoms with Crippen molar-refractivity contribution in [2.45, 2.75) is 13.0 Å². The van der Waals surface area contributed by atoms with Gasteiger partial charge in [0.25, 0.3) is 11.7 Å². The number of anilines is 1. The molecule has 2 heterocycles. The third-order valence-electron chi connectivity index (χ3n) is 5.24. The first-order chi connectivity index (χ1) is 14.9. The first kappa shape index (κ1) is 20.3. The van der Waals surface area contributed by atoms with Gasteiger partial charge in [-0.25, -0.2) is 4.39 Å². The highest BCUT2D eigenvalue weighted by Gasteiger charge is 2.47. The van der Waals surface area contributed by atoms with Gasteiger partial charge >= 0.3 is 0 Å². The number of aromatic nitrogens is 1. The average molecular weight is 418 g/mol. The molecule has 156 valence electrons. The van der Waals surface area contributed by atoms with E-state index in [9.17, 15) is 19.1 Å². The van der Waals surface area contributed by atoms with Crippen LogP contribution >= 0.6 is 0 Å². The molecule has 0 aliphatic carbocycles. The maximum absolute atomic E-state index is 13.5. The van der Waals surface area contributed by atoms with Crippen LogP contribution in [0.2, 0.25) is 0 Å². The highest BCUT2D eigenvalue weighted by atomic mass is 19.1. The fourth-order valence-electron chi connectivity index (χ4n) is 3.74. The topological polar surface area (TPSA) is 79.7 Å². The molecule has 3 aromatic rings. The van der Waals surface area contributed by atoms with Gasteiger partial charge in [0.2, 0.25) is 0 Å². The molecule has 1 aliphatic heterocycles. The van der Waals surface area contributed by atoms with E-state index in [0.717, 1.165) is 5.56 Å². The van der Waals surface area contributed by atoms with E-state index in [0.29, 0.717) is 22.6 Å². The number of rotatable bonds is 4. The predicted octanol–water partition coefficient (Wildman–Crippen LogP) is 4.16. The van der Waals surface area contributed by atoms with E-state index in [1.807, 2.05) is 6.92 Å². The van der Waals surface area contributed by atoms with E-state index >= 15 is 0 Å². The molecule has 1 unspecified atom stereocenters. The third kappa shape index (κ3) is 3.54. The normalized spacial score (nSPS) is 17.8. The van der Waals surface area contributed by atoms with Crippen LogP contribution in [0.1, 0.15) is 22.7 Å². The zero-order chi connectivity index (χ0) is 22.1. The number of pyridine rings is 1. The maximum Gasteiger partial charge on any atom is 0.300 e. The molecule has 1 fully saturated rings. The number of ether oxygens (including phenoxy) is 1. The van der Waals surface area contributed by atoms with Gasteiger partial charge in [0, 0.05) is 23.6 Å². The minimum atomic E-state index is -0.893. The second-order valence-corrected chi connectivity index (χ2v) is 7.11. The molecule has 1 aromatic heterocycles. The monoisotopic (exact) mass is 418 g/mol. The molecule has 1 atom stereocenters. The number of aryl methyl sites for hydroxylation is 1. The Hall–Kier alpha value is -4.00. The largest absolute Gasteiger partial charge is 0.507 e. The lowest BCUT2D eigenvalue weighted by Crippen LogP contribution is -2.29. The number of hydrogen-bond acceptors (Lipinski definition) is 5. The van der Waals surface area contributed by atoms with Gasteiger partial charge in [-0.3, -0.25) is 19.5 Å². The summed E-state index contributed by atoms with van der Waals surface area (Å²) >= 11 is 0. The van der Waals surface area contributed by atoms with Gasteiger partial charge in [-0.15, -0.1) is 0 Å². The summed E-state index contributed by atoms with van der Waals surface area (Å²) in [6.45, 7) is 1.81. The van der Waals surface area contributed by atoms with Gasteiger partial charge in [0.15, 0.2) is 0 Å². The quantitative estimate of drug-likeness (QED) is 0.391. The molecule has 4 rings (SSSR count). The van der Waals surface area contributed by atoms with Gasteiger partial charge in [-0.05, 0) is 72.6 Å². The van der Waals surface area contributed by atoms with Crippen LogP contribution in [0.25, 0.3) is 5.76 Å². The van der Waals surface area contributed by atoms with Gasteiger partial charge < -0.3 is 9.84 Å². The van der Waals surface area contributed by atoms with E-state index in [-0.39, 0.29) is 11.3 Å². The smallest absolute Gasteiger partial charge is 0.300 e. The zero-order valence-corrected chi connectivity index (χ0v) is 16.9. The minimum absolute atomic E-state index is 0.0508. The summed E-state index contributed by atoms with van der Waals surface area (Å²) in [4.78, 5) is 31.3. The Kier molecular flexibility index (Phi) is 5.25. The molecular formula is C24H19FN2O4. The fourth-order valence-corrected chi connectivity index (χ4v) is 3.74. The lowest BCUT2D eigenvalue weighted by molar-refractivity contribution is -0.132. The molecule has 1 amide bonds. The lowest BCUT2D eigenvalue weighted by atomic mass is 9.95. The summed E-state index contributed by atoms with van der Waals surface area (Å²) in [5.41, 5.74) is 2.03. The number of carbonyl (C=O) groups excluding carboxylic acids is 2. The number of Topliss-reactive ketones (excluding diaryl/α,β-unsaturated/α-hetero) is 1. The summed E-state index contributed by atoms with van der Waals surface area (Å²) in [6, 6.07) is 12.7. The molecular weight excluding hydrogens is 399 g/mol. The molecule has 7 heteroatoms. The van der Waals surface area contributed by atoms with E-state index in [1.54, 1.807) is 37.4 Å². The van der Waals surface area contributed by atoms with Crippen LogP contribution < -0.4 is 9.64 Å². The van der Waals surface area contributed by atoms with Crippen molar-refractivity contribution in [1.29, 1.82) is 0 Å². The average Bonchev–Trinajstić information content (AvgIpc) is 3.05. The van der Waals surface area contributed by atoms with Gasteiger partial charge in [-0.2, -0.15) is 0 Å². The van der Waals surface area contributed by atoms with Crippen LogP contribution in [-0.2, 0) is 9.59 Å². The first-order valence-electron chi connectivity index (χ1n) is 9.54. The van der Waals surface area contributed by atoms with Crippen molar-refractivity contribution in [1.82, 2.24) is 4.98 Å². The van der Waals surface area contributed by atoms with Gasteiger partial charge in [0.1, 0.15) is 17.3 Å². The number of carbonyl (C=O) groups is 2. The third-order valence-corrected chi connectivity index (χ3v) is 5.24. The van der Waals surface area contributed by atoms with Crippen molar-refractivity contribution in [3.8, 4) is 5.75 Å². The van der Waals surface area contributed by atoms with Crippen molar-refractivity contribution in [3.63, 3.8) is 0 Å². The highest BCUT2D eigenvalue weighted by molar-refractivity contribution is 6.51. The maximum atomic E-state index is 13.5. The van der Waals surface area contributed by atoms with Crippen LogP contribution in [0.4, 0.5) is 10.1 Å². The molecule has 31 heavy (non-hydrogen) atoms. The summed E-state index contributed by atoms with van der Waals surface area (Å²) < 4.78 is 18.7. The Bertz CT molecular complexity index is 1190. The summed E-state index contributed by atoms with van der Waals surface area (Å²) in [7, 11) is 1.54. The van der Waals surface area contributed by atoms with Crippen molar-refractivity contribution in [2.24, 2.45) is 0 Å². The Balaban J connectivity index is 1.92. The SMILES string of the molecule is COc1ccc(/C(O)=C2/C(=O)C(=O)N(c3ccc(F)cc3)C2c2ccncc2)cc1C. The number of ketones is 1. The van der Waals surface area contributed by atoms with Crippen LogP contribution in [0.15, 0.2) is 72.6 Å². The van der Waals surface area contributed by atoms with Crippen molar-refractivity contribution in [2.75, 3.05) is 12.0 Å². The number of methoxy groups -OCH3 is 1. The molecule has 1 N–H and O–H groups in total. The molecule has 6 nitrogen and oxygen atoms in total. The van der Waals surface area contributed by atoms with E-state index in [4.69, 9.17) is 4.74 Å². The summed E-state index contributed by atoms with van der Waals surface area (Å²) in [6.07, 6.45) is 3.08. The lowest BCUT2D eigenvalue weighted by Gasteiger charge is -2.25. The van der Waals surface area contributed by atoms with Crippen LogP contribution in [0.5, 0.6) is 5.75 Å². The van der Waals surface area contributed by atoms with Crippen molar-refractivity contribution in [3.05, 3.63) is 95.1 Å². The van der Waals surface area contributed by atoms with Gasteiger partial charge in [0.05, 0.1) is 18.7 Å². The number of hydrogen-bond donors (Lipinski definition) is 1. The summed E-state index contributed by atoms with van der Waals surface area (Å²) in [5.74, 6) is -1.75. The second kappa shape index (κ2) is 8.02. The first-order valence-corrected chi connectivity index (χ1v) is 9.54. The summed E-state index contributed by atoms with van der Waals surface area (Å²) in [5, 5.41) is 11.1. The van der Waals surface area contributed by atoms with Crippen LogP contribution in [-0.4, -0.2) is 28.9 Å². The van der Waals surface area contributed by atoms with Gasteiger partial charge in [-0.1, -0.05) is 0 Å². The second-order valence-electron chi connectivity index (χ2n) is 7.11. The highest BCUT2D eigenvalue weighted by Crippen LogP contribution is 2.42. The van der Waals surface area contributed by atoms with Crippen molar-refractivity contribution < 1.29 is 23.8 Å². The molecule has 0 saturated carbocycles.